The molecule has 0 spiro atoms. The van der Waals surface area contributed by atoms with Gasteiger partial charge in [0.25, 0.3) is 5.91 Å². The number of benzene rings is 2. The molecule has 33 heavy (non-hydrogen) atoms. The molecule has 0 radical (unpaired) electrons. The molecule has 7 nitrogen and oxygen atoms in total. The van der Waals surface area contributed by atoms with Gasteiger partial charge in [0, 0.05) is 34.6 Å². The van der Waals surface area contributed by atoms with E-state index >= 15 is 0 Å². The highest BCUT2D eigenvalue weighted by molar-refractivity contribution is 6.31. The summed E-state index contributed by atoms with van der Waals surface area (Å²) in [5, 5.41) is 13.3. The van der Waals surface area contributed by atoms with Crippen molar-refractivity contribution in [2.75, 3.05) is 18.0 Å². The first-order valence-electron chi connectivity index (χ1n) is 10.4. The Morgan fingerprint density at radius 1 is 1.09 bits per heavy atom. The maximum absolute atomic E-state index is 13.7. The molecule has 8 heteroatoms. The quantitative estimate of drug-likeness (QED) is 0.619. The summed E-state index contributed by atoms with van der Waals surface area (Å²) in [6.45, 7) is 1.00. The van der Waals surface area contributed by atoms with Gasteiger partial charge in [0.2, 0.25) is 0 Å². The van der Waals surface area contributed by atoms with Crippen molar-refractivity contribution in [3.05, 3.63) is 106 Å². The Balaban J connectivity index is 1.71. The van der Waals surface area contributed by atoms with Gasteiger partial charge < -0.3 is 10.4 Å². The van der Waals surface area contributed by atoms with Gasteiger partial charge in [-0.2, -0.15) is 0 Å². The van der Waals surface area contributed by atoms with Crippen molar-refractivity contribution in [2.24, 2.45) is 4.99 Å². The molecular formula is C25H19ClN4O3. The Kier molecular flexibility index (Phi) is 5.40. The van der Waals surface area contributed by atoms with Crippen molar-refractivity contribution in [1.29, 1.82) is 0 Å². The molecule has 0 saturated carbocycles. The minimum atomic E-state index is -1.06. The zero-order chi connectivity index (χ0) is 22.9. The van der Waals surface area contributed by atoms with E-state index < -0.39 is 12.0 Å². The summed E-state index contributed by atoms with van der Waals surface area (Å²) < 4.78 is 0. The van der Waals surface area contributed by atoms with Crippen LogP contribution in [0.4, 0.5) is 5.69 Å². The molecule has 1 aromatic heterocycles. The van der Waals surface area contributed by atoms with E-state index in [0.29, 0.717) is 46.5 Å². The normalized spacial score (nSPS) is 17.8. The number of carbonyl (C=O) groups is 2. The van der Waals surface area contributed by atoms with Crippen LogP contribution in [-0.2, 0) is 4.79 Å². The summed E-state index contributed by atoms with van der Waals surface area (Å²) in [5.74, 6) is -1.32. The van der Waals surface area contributed by atoms with E-state index in [4.69, 9.17) is 16.6 Å². The molecule has 1 amide bonds. The minimum absolute atomic E-state index is 0.0988. The van der Waals surface area contributed by atoms with Gasteiger partial charge in [-0.3, -0.25) is 19.7 Å². The maximum Gasteiger partial charge on any atom is 0.335 e. The van der Waals surface area contributed by atoms with Gasteiger partial charge in [0.15, 0.2) is 0 Å². The highest BCUT2D eigenvalue weighted by Gasteiger charge is 2.44. The lowest BCUT2D eigenvalue weighted by Gasteiger charge is -2.27. The van der Waals surface area contributed by atoms with Gasteiger partial charge in [-0.05, 0) is 42.5 Å². The molecule has 3 aromatic rings. The van der Waals surface area contributed by atoms with Gasteiger partial charge in [0.05, 0.1) is 23.5 Å². The number of rotatable bonds is 4. The molecule has 0 bridgehead atoms. The van der Waals surface area contributed by atoms with Crippen LogP contribution < -0.4 is 10.2 Å². The second-order valence-corrected chi connectivity index (χ2v) is 8.08. The number of anilines is 1. The van der Waals surface area contributed by atoms with E-state index in [1.807, 2.05) is 30.3 Å². The number of aliphatic imine (C=N–C) groups is 1. The Morgan fingerprint density at radius 2 is 1.91 bits per heavy atom. The zero-order valence-corrected chi connectivity index (χ0v) is 18.2. The van der Waals surface area contributed by atoms with Crippen molar-refractivity contribution in [3.8, 4) is 0 Å². The summed E-state index contributed by atoms with van der Waals surface area (Å²) in [6, 6.07) is 18.6. The number of pyridine rings is 1. The SMILES string of the molecule is O=C(O)c1cccc(N2C(=O)C3=C(C(c4ccc(Cl)cc4)=NCCN3)C2c2ccccn2)c1. The third-order valence-corrected chi connectivity index (χ3v) is 5.88. The monoisotopic (exact) mass is 458 g/mol. The van der Waals surface area contributed by atoms with Gasteiger partial charge in [-0.25, -0.2) is 4.79 Å². The number of carboxylic acid groups (broad SMARTS) is 1. The molecule has 164 valence electrons. The molecule has 5 rings (SSSR count). The van der Waals surface area contributed by atoms with Crippen LogP contribution in [0.15, 0.2) is 89.2 Å². The largest absolute Gasteiger partial charge is 0.478 e. The molecule has 2 aromatic carbocycles. The second-order valence-electron chi connectivity index (χ2n) is 7.64. The second kappa shape index (κ2) is 8.52. The molecule has 2 N–H and O–H groups in total. The van der Waals surface area contributed by atoms with Crippen molar-refractivity contribution in [2.45, 2.75) is 6.04 Å². The van der Waals surface area contributed by atoms with Crippen LogP contribution in [-0.4, -0.2) is 40.8 Å². The number of carboxylic acids is 1. The highest BCUT2D eigenvalue weighted by Crippen LogP contribution is 2.42. The number of hydrogen-bond acceptors (Lipinski definition) is 5. The van der Waals surface area contributed by atoms with E-state index in [0.717, 1.165) is 5.56 Å². The van der Waals surface area contributed by atoms with Gasteiger partial charge in [0.1, 0.15) is 11.7 Å². The van der Waals surface area contributed by atoms with Crippen LogP contribution in [0.25, 0.3) is 0 Å². The molecule has 0 aliphatic carbocycles. The molecule has 3 heterocycles. The Morgan fingerprint density at radius 3 is 2.64 bits per heavy atom. The minimum Gasteiger partial charge on any atom is -0.478 e. The number of carbonyl (C=O) groups excluding carboxylic acids is 1. The first-order valence-corrected chi connectivity index (χ1v) is 10.8. The summed E-state index contributed by atoms with van der Waals surface area (Å²) >= 11 is 6.10. The summed E-state index contributed by atoms with van der Waals surface area (Å²) in [5.41, 5.74) is 3.90. The molecule has 1 atom stereocenters. The first-order chi connectivity index (χ1) is 16.0. The molecule has 2 aliphatic rings. The number of aromatic carboxylic acids is 1. The van der Waals surface area contributed by atoms with Crippen LogP contribution in [0.2, 0.25) is 5.02 Å². The van der Waals surface area contributed by atoms with E-state index in [1.165, 1.54) is 12.1 Å². The lowest BCUT2D eigenvalue weighted by atomic mass is 9.93. The fourth-order valence-corrected chi connectivity index (χ4v) is 4.32. The van der Waals surface area contributed by atoms with Crippen molar-refractivity contribution < 1.29 is 14.7 Å². The average Bonchev–Trinajstić information content (AvgIpc) is 2.97. The predicted molar refractivity (Wildman–Crippen MR) is 126 cm³/mol. The van der Waals surface area contributed by atoms with Crippen molar-refractivity contribution >= 4 is 34.9 Å². The fourth-order valence-electron chi connectivity index (χ4n) is 4.20. The Bertz CT molecular complexity index is 1300. The van der Waals surface area contributed by atoms with Gasteiger partial charge >= 0.3 is 5.97 Å². The number of aromatic nitrogens is 1. The van der Waals surface area contributed by atoms with Crippen LogP contribution in [0, 0.1) is 0 Å². The number of nitrogens with zero attached hydrogens (tertiary/aromatic N) is 3. The zero-order valence-electron chi connectivity index (χ0n) is 17.4. The third-order valence-electron chi connectivity index (χ3n) is 5.63. The fraction of sp³-hybridized carbons (Fsp3) is 0.120. The molecule has 0 saturated heterocycles. The van der Waals surface area contributed by atoms with Crippen molar-refractivity contribution in [1.82, 2.24) is 10.3 Å². The van der Waals surface area contributed by atoms with Crippen LogP contribution in [0.3, 0.4) is 0 Å². The lowest BCUT2D eigenvalue weighted by Crippen LogP contribution is -2.34. The number of hydrogen-bond donors (Lipinski definition) is 2. The van der Waals surface area contributed by atoms with E-state index in [9.17, 15) is 14.7 Å². The van der Waals surface area contributed by atoms with Crippen LogP contribution in [0.5, 0.6) is 0 Å². The Hall–Kier alpha value is -3.97. The molecule has 2 aliphatic heterocycles. The van der Waals surface area contributed by atoms with Gasteiger partial charge in [-0.15, -0.1) is 0 Å². The smallest absolute Gasteiger partial charge is 0.335 e. The Labute approximate surface area is 195 Å². The number of halogens is 1. The molecule has 1 unspecified atom stereocenters. The summed E-state index contributed by atoms with van der Waals surface area (Å²) in [7, 11) is 0. The molecule has 0 fully saturated rings. The van der Waals surface area contributed by atoms with Crippen LogP contribution >= 0.6 is 11.6 Å². The molecular weight excluding hydrogens is 440 g/mol. The number of amides is 1. The van der Waals surface area contributed by atoms with E-state index in [-0.39, 0.29) is 11.5 Å². The number of nitrogens with one attached hydrogen (secondary N) is 1. The third kappa shape index (κ3) is 3.76. The predicted octanol–water partition coefficient (Wildman–Crippen LogP) is 3.87. The lowest BCUT2D eigenvalue weighted by molar-refractivity contribution is -0.115. The van der Waals surface area contributed by atoms with Gasteiger partial charge in [-0.1, -0.05) is 35.9 Å². The summed E-state index contributed by atoms with van der Waals surface area (Å²) in [4.78, 5) is 36.3. The first kappa shape index (κ1) is 20.9. The van der Waals surface area contributed by atoms with Crippen molar-refractivity contribution in [3.63, 3.8) is 0 Å². The highest BCUT2D eigenvalue weighted by atomic mass is 35.5. The standard InChI is InChI=1S/C25H19ClN4O3/c26-17-9-7-15(8-10-17)21-20-22(29-13-12-28-21)24(31)30(23(20)19-6-1-2-11-27-19)18-5-3-4-16(14-18)25(32)33/h1-11,14,23,29H,12-13H2,(H,32,33). The van der Waals surface area contributed by atoms with E-state index in [2.05, 4.69) is 10.3 Å². The maximum atomic E-state index is 13.7. The topological polar surface area (TPSA) is 94.9 Å². The van der Waals surface area contributed by atoms with Crippen LogP contribution in [0.1, 0.15) is 27.7 Å². The average molecular weight is 459 g/mol. The van der Waals surface area contributed by atoms with E-state index in [1.54, 1.807) is 35.4 Å². The summed E-state index contributed by atoms with van der Waals surface area (Å²) in [6.07, 6.45) is 1.67.